The number of amides is 2. The quantitative estimate of drug-likeness (QED) is 0.586. The molecule has 0 spiro atoms. The first-order valence-corrected chi connectivity index (χ1v) is 10.5. The molecular weight excluding hydrogens is 386 g/mol. The van der Waals surface area contributed by atoms with Gasteiger partial charge < -0.3 is 15.6 Å². The molecule has 6 nitrogen and oxygen atoms in total. The monoisotopic (exact) mass is 407 g/mol. The van der Waals surface area contributed by atoms with Crippen LogP contribution in [0.5, 0.6) is 0 Å². The molecular formula is C22H21N3O3S. The van der Waals surface area contributed by atoms with Gasteiger partial charge in [-0.25, -0.2) is 0 Å². The van der Waals surface area contributed by atoms with Gasteiger partial charge in [0.15, 0.2) is 0 Å². The van der Waals surface area contributed by atoms with E-state index >= 15 is 0 Å². The molecule has 1 fully saturated rings. The lowest BCUT2D eigenvalue weighted by Crippen LogP contribution is -2.51. The second-order valence-corrected chi connectivity index (χ2v) is 8.10. The van der Waals surface area contributed by atoms with Gasteiger partial charge in [0.2, 0.25) is 11.0 Å². The van der Waals surface area contributed by atoms with Gasteiger partial charge in [-0.15, -0.1) is 0 Å². The van der Waals surface area contributed by atoms with Crippen LogP contribution in [-0.2, 0) is 16.0 Å². The third-order valence-electron chi connectivity index (χ3n) is 4.93. The van der Waals surface area contributed by atoms with Crippen molar-refractivity contribution in [1.82, 2.24) is 15.6 Å². The van der Waals surface area contributed by atoms with Crippen molar-refractivity contribution in [3.05, 3.63) is 71.9 Å². The van der Waals surface area contributed by atoms with Crippen LogP contribution in [-0.4, -0.2) is 39.8 Å². The first-order chi connectivity index (χ1) is 14.1. The molecule has 148 valence electrons. The molecule has 29 heavy (non-hydrogen) atoms. The molecule has 4 rings (SSSR count). The van der Waals surface area contributed by atoms with Gasteiger partial charge in [0.1, 0.15) is 11.7 Å². The summed E-state index contributed by atoms with van der Waals surface area (Å²) in [5.41, 5.74) is 2.18. The van der Waals surface area contributed by atoms with Crippen molar-refractivity contribution in [3.8, 4) is 0 Å². The van der Waals surface area contributed by atoms with E-state index in [1.165, 1.54) is 11.8 Å². The smallest absolute Gasteiger partial charge is 0.268 e. The van der Waals surface area contributed by atoms with Crippen molar-refractivity contribution < 1.29 is 14.4 Å². The molecule has 2 aromatic carbocycles. The fraction of sp³-hybridized carbons (Fsp3) is 0.227. The lowest BCUT2D eigenvalue weighted by atomic mass is 10.0. The van der Waals surface area contributed by atoms with E-state index in [-0.39, 0.29) is 16.9 Å². The molecule has 1 aliphatic heterocycles. The Labute approximate surface area is 172 Å². The maximum Gasteiger partial charge on any atom is 0.268 e. The van der Waals surface area contributed by atoms with Crippen LogP contribution in [0.25, 0.3) is 10.9 Å². The summed E-state index contributed by atoms with van der Waals surface area (Å²) in [4.78, 5) is 40.7. The lowest BCUT2D eigenvalue weighted by molar-refractivity contribution is -0.126. The van der Waals surface area contributed by atoms with E-state index in [9.17, 15) is 14.4 Å². The third-order valence-corrected chi connectivity index (χ3v) is 5.94. The van der Waals surface area contributed by atoms with Gasteiger partial charge in [0.25, 0.3) is 5.91 Å². The Morgan fingerprint density at radius 1 is 1.10 bits per heavy atom. The second kappa shape index (κ2) is 8.53. The molecule has 7 heteroatoms. The number of aromatic amines is 1. The molecule has 1 aliphatic rings. The van der Waals surface area contributed by atoms with E-state index in [0.29, 0.717) is 24.3 Å². The Kier molecular flexibility index (Phi) is 5.67. The minimum Gasteiger partial charge on any atom is -0.351 e. The highest BCUT2D eigenvalue weighted by molar-refractivity contribution is 8.14. The number of benzene rings is 2. The van der Waals surface area contributed by atoms with Crippen molar-refractivity contribution in [3.63, 3.8) is 0 Å². The van der Waals surface area contributed by atoms with Gasteiger partial charge in [-0.2, -0.15) is 0 Å². The number of hydrogen-bond acceptors (Lipinski definition) is 4. The summed E-state index contributed by atoms with van der Waals surface area (Å²) in [6.45, 7) is 0. The highest BCUT2D eigenvalue weighted by Gasteiger charge is 2.30. The Balaban J connectivity index is 1.52. The minimum absolute atomic E-state index is 0.0289. The SMILES string of the molecule is O=C(N[C@@H](Cc1ccccc1)C(=O)NC1CCSC1=O)c1cc2ccccc2[nH]1. The van der Waals surface area contributed by atoms with Crippen molar-refractivity contribution in [2.75, 3.05) is 5.75 Å². The van der Waals surface area contributed by atoms with Gasteiger partial charge >= 0.3 is 0 Å². The number of carbonyl (C=O) groups is 3. The molecule has 2 heterocycles. The Bertz CT molecular complexity index is 1010. The number of aromatic nitrogens is 1. The highest BCUT2D eigenvalue weighted by Crippen LogP contribution is 2.20. The van der Waals surface area contributed by atoms with Gasteiger partial charge in [-0.1, -0.05) is 60.3 Å². The number of hydrogen-bond donors (Lipinski definition) is 3. The molecule has 1 aromatic heterocycles. The summed E-state index contributed by atoms with van der Waals surface area (Å²) in [6.07, 6.45) is 0.954. The van der Waals surface area contributed by atoms with Gasteiger partial charge in [0.05, 0.1) is 6.04 Å². The number of thioether (sulfide) groups is 1. The molecule has 0 bridgehead atoms. The van der Waals surface area contributed by atoms with Crippen LogP contribution in [0.1, 0.15) is 22.5 Å². The molecule has 2 atom stereocenters. The number of H-pyrrole nitrogens is 1. The number of rotatable bonds is 6. The van der Waals surface area contributed by atoms with Crippen LogP contribution in [0.3, 0.4) is 0 Å². The summed E-state index contributed by atoms with van der Waals surface area (Å²) >= 11 is 1.23. The zero-order valence-corrected chi connectivity index (χ0v) is 16.5. The fourth-order valence-electron chi connectivity index (χ4n) is 3.39. The lowest BCUT2D eigenvalue weighted by Gasteiger charge is -2.20. The topological polar surface area (TPSA) is 91.1 Å². The summed E-state index contributed by atoms with van der Waals surface area (Å²) in [5, 5.41) is 6.53. The zero-order chi connectivity index (χ0) is 20.2. The van der Waals surface area contributed by atoms with Crippen LogP contribution >= 0.6 is 11.8 Å². The number of para-hydroxylation sites is 1. The predicted molar refractivity (Wildman–Crippen MR) is 114 cm³/mol. The molecule has 0 radical (unpaired) electrons. The average molecular weight is 407 g/mol. The molecule has 2 amide bonds. The first kappa shape index (κ1) is 19.3. The zero-order valence-electron chi connectivity index (χ0n) is 15.7. The predicted octanol–water partition coefficient (Wildman–Crippen LogP) is 2.66. The number of nitrogens with one attached hydrogen (secondary N) is 3. The van der Waals surface area contributed by atoms with Gasteiger partial charge in [-0.3, -0.25) is 14.4 Å². The van der Waals surface area contributed by atoms with Crippen molar-refractivity contribution in [2.45, 2.75) is 24.9 Å². The summed E-state index contributed by atoms with van der Waals surface area (Å²) in [7, 11) is 0. The molecule has 1 unspecified atom stereocenters. The Morgan fingerprint density at radius 2 is 1.86 bits per heavy atom. The average Bonchev–Trinajstić information content (AvgIpc) is 3.34. The largest absolute Gasteiger partial charge is 0.351 e. The second-order valence-electron chi connectivity index (χ2n) is 7.00. The maximum absolute atomic E-state index is 12.9. The highest BCUT2D eigenvalue weighted by atomic mass is 32.2. The third kappa shape index (κ3) is 4.51. The van der Waals surface area contributed by atoms with Gasteiger partial charge in [0, 0.05) is 23.1 Å². The Morgan fingerprint density at radius 3 is 2.59 bits per heavy atom. The number of carbonyl (C=O) groups excluding carboxylic acids is 3. The van der Waals surface area contributed by atoms with Crippen molar-refractivity contribution in [2.24, 2.45) is 0 Å². The summed E-state index contributed by atoms with van der Waals surface area (Å²) in [6, 6.07) is 17.6. The van der Waals surface area contributed by atoms with Crippen LogP contribution in [0, 0.1) is 0 Å². The van der Waals surface area contributed by atoms with Crippen LogP contribution in [0.2, 0.25) is 0 Å². The van der Waals surface area contributed by atoms with Crippen molar-refractivity contribution in [1.29, 1.82) is 0 Å². The van der Waals surface area contributed by atoms with Crippen molar-refractivity contribution >= 4 is 39.6 Å². The summed E-state index contributed by atoms with van der Waals surface area (Å²) in [5.74, 6) is -0.00210. The summed E-state index contributed by atoms with van der Waals surface area (Å²) < 4.78 is 0. The van der Waals surface area contributed by atoms with Crippen LogP contribution in [0.4, 0.5) is 0 Å². The van der Waals surface area contributed by atoms with E-state index in [1.807, 2.05) is 54.6 Å². The van der Waals surface area contributed by atoms with E-state index < -0.39 is 12.1 Å². The van der Waals surface area contributed by atoms with E-state index in [4.69, 9.17) is 0 Å². The first-order valence-electron chi connectivity index (χ1n) is 9.50. The minimum atomic E-state index is -0.783. The molecule has 0 saturated carbocycles. The Hall–Kier alpha value is -3.06. The normalized spacial score (nSPS) is 17.2. The molecule has 3 aromatic rings. The van der Waals surface area contributed by atoms with E-state index in [2.05, 4.69) is 15.6 Å². The van der Waals surface area contributed by atoms with E-state index in [1.54, 1.807) is 6.07 Å². The van der Waals surface area contributed by atoms with E-state index in [0.717, 1.165) is 16.5 Å². The maximum atomic E-state index is 12.9. The molecule has 1 saturated heterocycles. The van der Waals surface area contributed by atoms with Crippen LogP contribution < -0.4 is 10.6 Å². The van der Waals surface area contributed by atoms with Gasteiger partial charge in [-0.05, 0) is 24.1 Å². The molecule has 3 N–H and O–H groups in total. The standard InChI is InChI=1S/C22H21N3O3S/c26-20(24-17-10-11-29-22(17)28)18(12-14-6-2-1-3-7-14)25-21(27)19-13-15-8-4-5-9-16(15)23-19/h1-9,13,17-18,23H,10-12H2,(H,24,26)(H,25,27)/t17?,18-/m0/s1. The number of fused-ring (bicyclic) bond motifs is 1. The molecule has 0 aliphatic carbocycles. The van der Waals surface area contributed by atoms with Crippen LogP contribution in [0.15, 0.2) is 60.7 Å². The fourth-order valence-corrected chi connectivity index (χ4v) is 4.32.